The average molecular weight is 465 g/mol. The van der Waals surface area contributed by atoms with Crippen molar-refractivity contribution in [3.63, 3.8) is 0 Å². The van der Waals surface area contributed by atoms with Crippen LogP contribution in [0, 0.1) is 11.6 Å². The van der Waals surface area contributed by atoms with E-state index in [0.717, 1.165) is 18.2 Å². The van der Waals surface area contributed by atoms with Gasteiger partial charge in [-0.3, -0.25) is 4.79 Å². The maximum atomic E-state index is 13.4. The Labute approximate surface area is 191 Å². The van der Waals surface area contributed by atoms with Crippen molar-refractivity contribution in [2.75, 3.05) is 11.9 Å². The van der Waals surface area contributed by atoms with Crippen molar-refractivity contribution in [1.29, 1.82) is 0 Å². The number of carbonyl (C=O) groups is 2. The molecule has 2 heterocycles. The lowest BCUT2D eigenvalue weighted by Gasteiger charge is -2.22. The van der Waals surface area contributed by atoms with Gasteiger partial charge in [-0.05, 0) is 52.3 Å². The third kappa shape index (κ3) is 6.74. The molecule has 0 radical (unpaired) electrons. The van der Waals surface area contributed by atoms with Gasteiger partial charge in [-0.15, -0.1) is 0 Å². The number of nitrogens with one attached hydrogen (secondary N) is 2. The lowest BCUT2D eigenvalue weighted by Crippen LogP contribution is -2.33. The Kier molecular flexibility index (Phi) is 7.36. The molecule has 1 aliphatic heterocycles. The normalized spacial score (nSPS) is 18.4. The Morgan fingerprint density at radius 1 is 1.21 bits per heavy atom. The number of carbonyl (C=O) groups excluding carboxylic acids is 2. The molecule has 2 atom stereocenters. The van der Waals surface area contributed by atoms with Crippen LogP contribution in [0.4, 0.5) is 19.4 Å². The van der Waals surface area contributed by atoms with Crippen LogP contribution in [0.1, 0.15) is 58.4 Å². The molecule has 180 valence electrons. The lowest BCUT2D eigenvalue weighted by atomic mass is 10.1. The molecule has 1 aromatic carbocycles. The first-order chi connectivity index (χ1) is 15.4. The number of rotatable bonds is 6. The van der Waals surface area contributed by atoms with E-state index in [1.807, 2.05) is 34.6 Å². The Balaban J connectivity index is 1.71. The lowest BCUT2D eigenvalue weighted by molar-refractivity contribution is -0.115. The Morgan fingerprint density at radius 3 is 2.48 bits per heavy atom. The van der Waals surface area contributed by atoms with E-state index in [4.69, 9.17) is 9.47 Å². The maximum Gasteiger partial charge on any atom is 0.407 e. The van der Waals surface area contributed by atoms with Crippen LogP contribution in [0.25, 0.3) is 0 Å². The predicted molar refractivity (Wildman–Crippen MR) is 118 cm³/mol. The molecule has 1 saturated heterocycles. The van der Waals surface area contributed by atoms with Crippen LogP contribution in [0.5, 0.6) is 0 Å². The molecule has 33 heavy (non-hydrogen) atoms. The van der Waals surface area contributed by atoms with Crippen LogP contribution >= 0.6 is 0 Å². The van der Waals surface area contributed by atoms with Gasteiger partial charge in [-0.1, -0.05) is 0 Å². The van der Waals surface area contributed by atoms with E-state index in [0.29, 0.717) is 17.9 Å². The highest BCUT2D eigenvalue weighted by molar-refractivity contribution is 5.91. The van der Waals surface area contributed by atoms with E-state index in [-0.39, 0.29) is 24.6 Å². The molecule has 2 amide bonds. The van der Waals surface area contributed by atoms with Crippen molar-refractivity contribution in [2.24, 2.45) is 0 Å². The standard InChI is InChI=1S/C23H30F2N4O4/c1-13(2)26-22(31)33-17-10-19(32-12-17)18-11-20(29(28-18)23(3,4)5)27-21(30)8-14-6-15(24)9-16(25)7-14/h6-7,9,11,13,17,19H,8,10,12H2,1-5H3,(H,26,31)(H,27,30). The summed E-state index contributed by atoms with van der Waals surface area (Å²) in [6.45, 7) is 9.71. The number of nitrogens with zero attached hydrogens (tertiary/aromatic N) is 2. The molecular formula is C23H30F2N4O4. The summed E-state index contributed by atoms with van der Waals surface area (Å²) in [6.07, 6.45) is -1.07. The number of benzene rings is 1. The molecule has 2 aromatic rings. The molecule has 3 rings (SSSR count). The second-order valence-corrected chi connectivity index (χ2v) is 9.42. The molecule has 2 unspecified atom stereocenters. The second kappa shape index (κ2) is 9.86. The van der Waals surface area contributed by atoms with Gasteiger partial charge in [0.05, 0.1) is 24.3 Å². The fraction of sp³-hybridized carbons (Fsp3) is 0.522. The van der Waals surface area contributed by atoms with Gasteiger partial charge in [0.2, 0.25) is 5.91 Å². The third-order valence-corrected chi connectivity index (χ3v) is 4.89. The summed E-state index contributed by atoms with van der Waals surface area (Å²) in [7, 11) is 0. The number of hydrogen-bond donors (Lipinski definition) is 2. The Bertz CT molecular complexity index is 996. The SMILES string of the molecule is CC(C)NC(=O)OC1COC(c2cc(NC(=O)Cc3cc(F)cc(F)c3)n(C(C)(C)C)n2)C1. The first-order valence-corrected chi connectivity index (χ1v) is 10.8. The van der Waals surface area contributed by atoms with Crippen molar-refractivity contribution in [3.8, 4) is 0 Å². The van der Waals surface area contributed by atoms with E-state index in [2.05, 4.69) is 15.7 Å². The molecular weight excluding hydrogens is 434 g/mol. The monoisotopic (exact) mass is 464 g/mol. The molecule has 2 N–H and O–H groups in total. The summed E-state index contributed by atoms with van der Waals surface area (Å²) in [5, 5.41) is 10.1. The first-order valence-electron chi connectivity index (χ1n) is 10.8. The van der Waals surface area contributed by atoms with E-state index < -0.39 is 41.4 Å². The van der Waals surface area contributed by atoms with E-state index >= 15 is 0 Å². The maximum absolute atomic E-state index is 13.4. The molecule has 10 heteroatoms. The molecule has 0 spiro atoms. The van der Waals surface area contributed by atoms with Crippen LogP contribution in [0.15, 0.2) is 24.3 Å². The molecule has 1 aliphatic rings. The van der Waals surface area contributed by atoms with Crippen LogP contribution in [-0.2, 0) is 26.2 Å². The van der Waals surface area contributed by atoms with Crippen molar-refractivity contribution >= 4 is 17.8 Å². The highest BCUT2D eigenvalue weighted by atomic mass is 19.1. The van der Waals surface area contributed by atoms with Gasteiger partial charge in [0.25, 0.3) is 0 Å². The van der Waals surface area contributed by atoms with Crippen LogP contribution in [-0.4, -0.2) is 40.5 Å². The highest BCUT2D eigenvalue weighted by Crippen LogP contribution is 2.33. The van der Waals surface area contributed by atoms with Gasteiger partial charge < -0.3 is 20.1 Å². The molecule has 1 fully saturated rings. The highest BCUT2D eigenvalue weighted by Gasteiger charge is 2.33. The summed E-state index contributed by atoms with van der Waals surface area (Å²) in [5.74, 6) is -1.48. The zero-order chi connectivity index (χ0) is 24.3. The summed E-state index contributed by atoms with van der Waals surface area (Å²) < 4.78 is 39.7. The zero-order valence-corrected chi connectivity index (χ0v) is 19.4. The van der Waals surface area contributed by atoms with Crippen molar-refractivity contribution in [3.05, 3.63) is 47.2 Å². The van der Waals surface area contributed by atoms with Crippen LogP contribution < -0.4 is 10.6 Å². The van der Waals surface area contributed by atoms with Crippen molar-refractivity contribution < 1.29 is 27.8 Å². The summed E-state index contributed by atoms with van der Waals surface area (Å²) in [6, 6.07) is 4.67. The van der Waals surface area contributed by atoms with Gasteiger partial charge in [0.1, 0.15) is 29.7 Å². The molecule has 8 nitrogen and oxygen atoms in total. The number of hydrogen-bond acceptors (Lipinski definition) is 5. The summed E-state index contributed by atoms with van der Waals surface area (Å²) in [5.41, 5.74) is 0.357. The molecule has 0 aliphatic carbocycles. The largest absolute Gasteiger partial charge is 0.444 e. The summed E-state index contributed by atoms with van der Waals surface area (Å²) in [4.78, 5) is 24.4. The van der Waals surface area contributed by atoms with Gasteiger partial charge in [-0.25, -0.2) is 18.3 Å². The van der Waals surface area contributed by atoms with Crippen molar-refractivity contribution in [2.45, 2.75) is 71.2 Å². The number of alkyl carbamates (subject to hydrolysis) is 1. The average Bonchev–Trinajstić information content (AvgIpc) is 3.26. The Hall–Kier alpha value is -3.01. The predicted octanol–water partition coefficient (Wildman–Crippen LogP) is 4.06. The number of amides is 2. The fourth-order valence-electron chi connectivity index (χ4n) is 3.55. The second-order valence-electron chi connectivity index (χ2n) is 9.42. The first kappa shape index (κ1) is 24.6. The minimum atomic E-state index is -0.739. The van der Waals surface area contributed by atoms with E-state index in [1.165, 1.54) is 0 Å². The number of ether oxygens (including phenoxy) is 2. The molecule has 1 aromatic heterocycles. The number of aromatic nitrogens is 2. The van der Waals surface area contributed by atoms with Gasteiger partial charge >= 0.3 is 6.09 Å². The van der Waals surface area contributed by atoms with Gasteiger partial charge in [0.15, 0.2) is 0 Å². The number of anilines is 1. The Morgan fingerprint density at radius 2 is 1.88 bits per heavy atom. The smallest absolute Gasteiger partial charge is 0.407 e. The molecule has 0 bridgehead atoms. The van der Waals surface area contributed by atoms with E-state index in [1.54, 1.807) is 10.7 Å². The van der Waals surface area contributed by atoms with Crippen molar-refractivity contribution in [1.82, 2.24) is 15.1 Å². The quantitative estimate of drug-likeness (QED) is 0.672. The van der Waals surface area contributed by atoms with E-state index in [9.17, 15) is 18.4 Å². The van der Waals surface area contributed by atoms with Gasteiger partial charge in [-0.2, -0.15) is 5.10 Å². The fourth-order valence-corrected chi connectivity index (χ4v) is 3.55. The minimum Gasteiger partial charge on any atom is -0.444 e. The van der Waals surface area contributed by atoms with Crippen LogP contribution in [0.3, 0.4) is 0 Å². The number of halogens is 2. The minimum absolute atomic E-state index is 0.0341. The molecule has 0 saturated carbocycles. The zero-order valence-electron chi connectivity index (χ0n) is 19.4. The van der Waals surface area contributed by atoms with Gasteiger partial charge in [0, 0.05) is 24.6 Å². The topological polar surface area (TPSA) is 94.5 Å². The van der Waals surface area contributed by atoms with Crippen LogP contribution in [0.2, 0.25) is 0 Å². The third-order valence-electron chi connectivity index (χ3n) is 4.89. The summed E-state index contributed by atoms with van der Waals surface area (Å²) >= 11 is 0.